The van der Waals surface area contributed by atoms with Gasteiger partial charge in [0.05, 0.1) is 20.0 Å². The highest BCUT2D eigenvalue weighted by Crippen LogP contribution is 2.21. The third kappa shape index (κ3) is 8.18. The zero-order valence-electron chi connectivity index (χ0n) is 19.1. The summed E-state index contributed by atoms with van der Waals surface area (Å²) in [6.45, 7) is 7.52. The van der Waals surface area contributed by atoms with Gasteiger partial charge in [-0.25, -0.2) is 9.98 Å². The standard InChI is InChI=1S/C25H33N5O.HI/c1-4-27-25(28-14-13-20(2)23-9-11-24(31-3)12-10-23)29-17-21-5-7-22(8-6-21)18-30-16-15-26-19-30;/h5-12,15-16,19-20H,4,13-14,17-18H2,1-3H3,(H2,27,28,29);1H. The van der Waals surface area contributed by atoms with Crippen LogP contribution in [0.1, 0.15) is 42.9 Å². The fourth-order valence-corrected chi connectivity index (χ4v) is 3.36. The van der Waals surface area contributed by atoms with Crippen LogP contribution in [0.25, 0.3) is 0 Å². The predicted octanol–water partition coefficient (Wildman–Crippen LogP) is 4.81. The Morgan fingerprint density at radius 2 is 1.78 bits per heavy atom. The van der Waals surface area contributed by atoms with Gasteiger partial charge in [0, 0.05) is 32.0 Å². The molecule has 0 radical (unpaired) electrons. The topological polar surface area (TPSA) is 63.5 Å². The summed E-state index contributed by atoms with van der Waals surface area (Å²) in [5.41, 5.74) is 3.77. The lowest BCUT2D eigenvalue weighted by Gasteiger charge is -2.15. The normalized spacial score (nSPS) is 12.0. The molecule has 1 unspecified atom stereocenters. The Bertz CT molecular complexity index is 924. The van der Waals surface area contributed by atoms with E-state index in [0.29, 0.717) is 12.5 Å². The molecular formula is C25H34IN5O. The van der Waals surface area contributed by atoms with Crippen molar-refractivity contribution in [3.63, 3.8) is 0 Å². The number of halogens is 1. The van der Waals surface area contributed by atoms with Crippen LogP contribution in [0.5, 0.6) is 5.75 Å². The van der Waals surface area contributed by atoms with Crippen molar-refractivity contribution in [2.75, 3.05) is 20.2 Å². The summed E-state index contributed by atoms with van der Waals surface area (Å²) in [5.74, 6) is 2.21. The first kappa shape index (κ1) is 25.7. The number of methoxy groups -OCH3 is 1. The molecule has 0 fully saturated rings. The van der Waals surface area contributed by atoms with Crippen LogP contribution in [0, 0.1) is 0 Å². The van der Waals surface area contributed by atoms with Crippen molar-refractivity contribution < 1.29 is 4.74 Å². The number of aromatic nitrogens is 2. The van der Waals surface area contributed by atoms with Crippen LogP contribution in [0.3, 0.4) is 0 Å². The van der Waals surface area contributed by atoms with Crippen molar-refractivity contribution in [3.05, 3.63) is 83.9 Å². The number of rotatable bonds is 10. The Balaban J connectivity index is 0.00000363. The van der Waals surface area contributed by atoms with Gasteiger partial charge in [-0.1, -0.05) is 43.3 Å². The van der Waals surface area contributed by atoms with Gasteiger partial charge in [-0.2, -0.15) is 0 Å². The van der Waals surface area contributed by atoms with E-state index in [1.54, 1.807) is 13.3 Å². The van der Waals surface area contributed by atoms with E-state index in [1.807, 2.05) is 24.7 Å². The number of ether oxygens (including phenoxy) is 1. The summed E-state index contributed by atoms with van der Waals surface area (Å²) >= 11 is 0. The summed E-state index contributed by atoms with van der Waals surface area (Å²) in [4.78, 5) is 8.83. The van der Waals surface area contributed by atoms with E-state index in [9.17, 15) is 0 Å². The molecule has 0 aliphatic carbocycles. The molecule has 2 aromatic carbocycles. The Kier molecular flexibility index (Phi) is 11.1. The molecule has 32 heavy (non-hydrogen) atoms. The lowest BCUT2D eigenvalue weighted by molar-refractivity contribution is 0.414. The number of imidazole rings is 1. The number of nitrogens with one attached hydrogen (secondary N) is 2. The van der Waals surface area contributed by atoms with Crippen LogP contribution in [0.4, 0.5) is 0 Å². The van der Waals surface area contributed by atoms with Crippen molar-refractivity contribution in [3.8, 4) is 5.75 Å². The number of guanidine groups is 1. The first-order chi connectivity index (χ1) is 15.2. The number of aliphatic imine (C=N–C) groups is 1. The minimum absolute atomic E-state index is 0. The number of nitrogens with zero attached hydrogens (tertiary/aromatic N) is 3. The molecule has 6 nitrogen and oxygen atoms in total. The number of hydrogen-bond acceptors (Lipinski definition) is 3. The molecular weight excluding hydrogens is 513 g/mol. The van der Waals surface area contributed by atoms with Gasteiger partial charge < -0.3 is 19.9 Å². The van der Waals surface area contributed by atoms with Crippen LogP contribution in [0.2, 0.25) is 0 Å². The summed E-state index contributed by atoms with van der Waals surface area (Å²) in [6, 6.07) is 16.9. The summed E-state index contributed by atoms with van der Waals surface area (Å²) in [7, 11) is 1.69. The fourth-order valence-electron chi connectivity index (χ4n) is 3.36. The van der Waals surface area contributed by atoms with Crippen LogP contribution in [-0.4, -0.2) is 35.7 Å². The largest absolute Gasteiger partial charge is 0.497 e. The van der Waals surface area contributed by atoms with Gasteiger partial charge in [-0.15, -0.1) is 24.0 Å². The maximum absolute atomic E-state index is 5.24. The molecule has 1 atom stereocenters. The third-order valence-electron chi connectivity index (χ3n) is 5.27. The average molecular weight is 547 g/mol. The SMILES string of the molecule is CCNC(=NCc1ccc(Cn2ccnc2)cc1)NCCC(C)c1ccc(OC)cc1.I. The molecule has 0 saturated heterocycles. The van der Waals surface area contributed by atoms with Gasteiger partial charge in [0.1, 0.15) is 5.75 Å². The van der Waals surface area contributed by atoms with Crippen molar-refractivity contribution in [1.82, 2.24) is 20.2 Å². The van der Waals surface area contributed by atoms with E-state index in [-0.39, 0.29) is 24.0 Å². The second kappa shape index (κ2) is 13.8. The summed E-state index contributed by atoms with van der Waals surface area (Å²) < 4.78 is 7.30. The van der Waals surface area contributed by atoms with Gasteiger partial charge in [0.2, 0.25) is 0 Å². The molecule has 1 aromatic heterocycles. The highest BCUT2D eigenvalue weighted by Gasteiger charge is 2.06. The van der Waals surface area contributed by atoms with Gasteiger partial charge >= 0.3 is 0 Å². The van der Waals surface area contributed by atoms with Crippen molar-refractivity contribution in [2.45, 2.75) is 39.3 Å². The molecule has 2 N–H and O–H groups in total. The molecule has 0 aliphatic heterocycles. The molecule has 0 spiro atoms. The van der Waals surface area contributed by atoms with Gasteiger partial charge in [-0.3, -0.25) is 0 Å². The zero-order valence-corrected chi connectivity index (χ0v) is 21.5. The molecule has 3 aromatic rings. The molecule has 0 amide bonds. The Morgan fingerprint density at radius 1 is 1.06 bits per heavy atom. The lowest BCUT2D eigenvalue weighted by Crippen LogP contribution is -2.38. The maximum Gasteiger partial charge on any atom is 0.191 e. The Labute approximate surface area is 208 Å². The summed E-state index contributed by atoms with van der Waals surface area (Å²) in [5, 5.41) is 6.79. The van der Waals surface area contributed by atoms with Gasteiger partial charge in [-0.05, 0) is 48.1 Å². The van der Waals surface area contributed by atoms with Crippen LogP contribution in [0.15, 0.2) is 72.2 Å². The van der Waals surface area contributed by atoms with E-state index in [4.69, 9.17) is 9.73 Å². The minimum Gasteiger partial charge on any atom is -0.497 e. The predicted molar refractivity (Wildman–Crippen MR) is 142 cm³/mol. The van der Waals surface area contributed by atoms with Crippen LogP contribution < -0.4 is 15.4 Å². The fraction of sp³-hybridized carbons (Fsp3) is 0.360. The quantitative estimate of drug-likeness (QED) is 0.217. The number of hydrogen-bond donors (Lipinski definition) is 2. The maximum atomic E-state index is 5.24. The monoisotopic (exact) mass is 547 g/mol. The Morgan fingerprint density at radius 3 is 2.41 bits per heavy atom. The van der Waals surface area contributed by atoms with E-state index < -0.39 is 0 Å². The smallest absolute Gasteiger partial charge is 0.191 e. The Hall–Kier alpha value is -2.55. The highest BCUT2D eigenvalue weighted by molar-refractivity contribution is 14.0. The van der Waals surface area contributed by atoms with E-state index in [2.05, 4.69) is 70.4 Å². The average Bonchev–Trinajstić information content (AvgIpc) is 3.31. The second-order valence-corrected chi connectivity index (χ2v) is 7.64. The van der Waals surface area contributed by atoms with Crippen LogP contribution in [-0.2, 0) is 13.1 Å². The molecule has 0 saturated carbocycles. The first-order valence-corrected chi connectivity index (χ1v) is 10.9. The molecule has 1 heterocycles. The molecule has 172 valence electrons. The van der Waals surface area contributed by atoms with Crippen molar-refractivity contribution in [2.24, 2.45) is 4.99 Å². The molecule has 7 heteroatoms. The minimum atomic E-state index is 0. The summed E-state index contributed by atoms with van der Waals surface area (Å²) in [6.07, 6.45) is 6.64. The molecule has 0 bridgehead atoms. The second-order valence-electron chi connectivity index (χ2n) is 7.64. The highest BCUT2D eigenvalue weighted by atomic mass is 127. The van der Waals surface area contributed by atoms with Gasteiger partial charge in [0.15, 0.2) is 5.96 Å². The van der Waals surface area contributed by atoms with Crippen LogP contribution >= 0.6 is 24.0 Å². The first-order valence-electron chi connectivity index (χ1n) is 10.9. The molecule has 3 rings (SSSR count). The van der Waals surface area contributed by atoms with E-state index >= 15 is 0 Å². The zero-order chi connectivity index (χ0) is 21.9. The third-order valence-corrected chi connectivity index (χ3v) is 5.27. The van der Waals surface area contributed by atoms with Gasteiger partial charge in [0.25, 0.3) is 0 Å². The molecule has 0 aliphatic rings. The van der Waals surface area contributed by atoms with Crippen molar-refractivity contribution >= 4 is 29.9 Å². The van der Waals surface area contributed by atoms with E-state index in [1.165, 1.54) is 16.7 Å². The van der Waals surface area contributed by atoms with E-state index in [0.717, 1.165) is 37.8 Å². The number of benzene rings is 2. The lowest BCUT2D eigenvalue weighted by atomic mass is 9.98. The van der Waals surface area contributed by atoms with Crippen molar-refractivity contribution in [1.29, 1.82) is 0 Å².